The van der Waals surface area contributed by atoms with Crippen molar-refractivity contribution in [3.05, 3.63) is 22.7 Å². The molecule has 0 bridgehead atoms. The summed E-state index contributed by atoms with van der Waals surface area (Å²) >= 11 is 3.30. The first-order valence-electron chi connectivity index (χ1n) is 4.92. The third kappa shape index (κ3) is 2.75. The molecule has 4 heteroatoms. The second-order valence-electron chi connectivity index (χ2n) is 3.53. The molecule has 1 saturated carbocycles. The van der Waals surface area contributed by atoms with E-state index in [1.807, 2.05) is 0 Å². The van der Waals surface area contributed by atoms with Crippen LogP contribution in [-0.4, -0.2) is 16.1 Å². The second kappa shape index (κ2) is 4.84. The summed E-state index contributed by atoms with van der Waals surface area (Å²) in [6, 6.07) is 0. The van der Waals surface area contributed by atoms with Crippen LogP contribution in [0, 0.1) is 0 Å². The molecule has 1 fully saturated rings. The SMILES string of the molecule is Brc1cnc(COC2CCCC2)nc1. The molecule has 2 rings (SSSR count). The minimum Gasteiger partial charge on any atom is -0.370 e. The molecule has 0 amide bonds. The third-order valence-electron chi connectivity index (χ3n) is 2.42. The summed E-state index contributed by atoms with van der Waals surface area (Å²) in [4.78, 5) is 8.31. The summed E-state index contributed by atoms with van der Waals surface area (Å²) < 4.78 is 6.59. The van der Waals surface area contributed by atoms with E-state index in [4.69, 9.17) is 4.74 Å². The molecule has 1 aromatic rings. The van der Waals surface area contributed by atoms with Crippen LogP contribution in [0.4, 0.5) is 0 Å². The Morgan fingerprint density at radius 3 is 2.57 bits per heavy atom. The van der Waals surface area contributed by atoms with Crippen molar-refractivity contribution in [1.82, 2.24) is 9.97 Å². The Hall–Kier alpha value is -0.480. The Morgan fingerprint density at radius 1 is 1.29 bits per heavy atom. The highest BCUT2D eigenvalue weighted by atomic mass is 79.9. The molecule has 1 heterocycles. The van der Waals surface area contributed by atoms with Gasteiger partial charge in [-0.15, -0.1) is 0 Å². The van der Waals surface area contributed by atoms with E-state index in [1.54, 1.807) is 12.4 Å². The second-order valence-corrected chi connectivity index (χ2v) is 4.45. The standard InChI is InChI=1S/C10H13BrN2O/c11-8-5-12-10(13-6-8)7-14-9-3-1-2-4-9/h5-6,9H,1-4,7H2. The molecule has 14 heavy (non-hydrogen) atoms. The largest absolute Gasteiger partial charge is 0.370 e. The van der Waals surface area contributed by atoms with Crippen LogP contribution >= 0.6 is 15.9 Å². The van der Waals surface area contributed by atoms with Crippen molar-refractivity contribution >= 4 is 15.9 Å². The summed E-state index contributed by atoms with van der Waals surface area (Å²) in [5, 5.41) is 0. The van der Waals surface area contributed by atoms with Crippen LogP contribution in [0.1, 0.15) is 31.5 Å². The number of halogens is 1. The Morgan fingerprint density at radius 2 is 1.93 bits per heavy atom. The molecule has 0 unspecified atom stereocenters. The third-order valence-corrected chi connectivity index (χ3v) is 2.83. The van der Waals surface area contributed by atoms with Crippen molar-refractivity contribution in [3.63, 3.8) is 0 Å². The van der Waals surface area contributed by atoms with E-state index in [-0.39, 0.29) is 0 Å². The molecule has 1 aliphatic carbocycles. The number of ether oxygens (including phenoxy) is 1. The molecular formula is C10H13BrN2O. The lowest BCUT2D eigenvalue weighted by Crippen LogP contribution is -2.08. The average Bonchev–Trinajstić information content (AvgIpc) is 2.70. The molecule has 1 aliphatic rings. The molecule has 0 N–H and O–H groups in total. The molecule has 0 atom stereocenters. The Labute approximate surface area is 92.0 Å². The fourth-order valence-electron chi connectivity index (χ4n) is 1.66. The fourth-order valence-corrected chi connectivity index (χ4v) is 1.87. The van der Waals surface area contributed by atoms with E-state index < -0.39 is 0 Å². The van der Waals surface area contributed by atoms with Gasteiger partial charge in [0.15, 0.2) is 5.82 Å². The number of aromatic nitrogens is 2. The first-order valence-corrected chi connectivity index (χ1v) is 5.72. The van der Waals surface area contributed by atoms with E-state index in [1.165, 1.54) is 25.7 Å². The molecule has 3 nitrogen and oxygen atoms in total. The predicted octanol–water partition coefficient (Wildman–Crippen LogP) is 2.70. The number of nitrogens with zero attached hydrogens (tertiary/aromatic N) is 2. The fraction of sp³-hybridized carbons (Fsp3) is 0.600. The van der Waals surface area contributed by atoms with E-state index in [0.717, 1.165) is 10.3 Å². The summed E-state index contributed by atoms with van der Waals surface area (Å²) in [7, 11) is 0. The molecule has 76 valence electrons. The number of rotatable bonds is 3. The van der Waals surface area contributed by atoms with Crippen LogP contribution < -0.4 is 0 Å². The van der Waals surface area contributed by atoms with Gasteiger partial charge in [-0.25, -0.2) is 9.97 Å². The number of hydrogen-bond acceptors (Lipinski definition) is 3. The molecule has 0 spiro atoms. The van der Waals surface area contributed by atoms with Crippen molar-refractivity contribution in [1.29, 1.82) is 0 Å². The summed E-state index contributed by atoms with van der Waals surface area (Å²) in [5.74, 6) is 0.764. The van der Waals surface area contributed by atoms with Crippen LogP contribution in [-0.2, 0) is 11.3 Å². The van der Waals surface area contributed by atoms with Gasteiger partial charge in [-0.2, -0.15) is 0 Å². The zero-order valence-electron chi connectivity index (χ0n) is 7.95. The van der Waals surface area contributed by atoms with Crippen LogP contribution in [0.2, 0.25) is 0 Å². The van der Waals surface area contributed by atoms with Gasteiger partial charge in [0.1, 0.15) is 6.61 Å². The number of hydrogen-bond donors (Lipinski definition) is 0. The minimum atomic E-state index is 0.433. The lowest BCUT2D eigenvalue weighted by Gasteiger charge is -2.09. The summed E-state index contributed by atoms with van der Waals surface area (Å²) in [6.07, 6.45) is 8.91. The lowest BCUT2D eigenvalue weighted by molar-refractivity contribution is 0.0416. The van der Waals surface area contributed by atoms with Crippen molar-refractivity contribution in [2.45, 2.75) is 38.4 Å². The maximum atomic E-state index is 5.69. The van der Waals surface area contributed by atoms with Gasteiger partial charge in [0.05, 0.1) is 10.6 Å². The molecule has 1 aromatic heterocycles. The quantitative estimate of drug-likeness (QED) is 0.835. The van der Waals surface area contributed by atoms with Crippen LogP contribution in [0.25, 0.3) is 0 Å². The summed E-state index contributed by atoms with van der Waals surface area (Å²) in [6.45, 7) is 0.540. The highest BCUT2D eigenvalue weighted by Crippen LogP contribution is 2.21. The van der Waals surface area contributed by atoms with Crippen LogP contribution in [0.15, 0.2) is 16.9 Å². The zero-order chi connectivity index (χ0) is 9.80. The van der Waals surface area contributed by atoms with E-state index in [2.05, 4.69) is 25.9 Å². The van der Waals surface area contributed by atoms with Gasteiger partial charge >= 0.3 is 0 Å². The monoisotopic (exact) mass is 256 g/mol. The van der Waals surface area contributed by atoms with Gasteiger partial charge in [-0.3, -0.25) is 0 Å². The van der Waals surface area contributed by atoms with E-state index >= 15 is 0 Å². The topological polar surface area (TPSA) is 35.0 Å². The van der Waals surface area contributed by atoms with Crippen LogP contribution in [0.3, 0.4) is 0 Å². The first-order chi connectivity index (χ1) is 6.84. The molecule has 0 aliphatic heterocycles. The van der Waals surface area contributed by atoms with Gasteiger partial charge in [-0.1, -0.05) is 12.8 Å². The van der Waals surface area contributed by atoms with Crippen molar-refractivity contribution in [2.75, 3.05) is 0 Å². The Bertz CT molecular complexity index is 283. The Balaban J connectivity index is 1.82. The average molecular weight is 257 g/mol. The van der Waals surface area contributed by atoms with E-state index in [0.29, 0.717) is 12.7 Å². The smallest absolute Gasteiger partial charge is 0.153 e. The van der Waals surface area contributed by atoms with Gasteiger partial charge in [-0.05, 0) is 28.8 Å². The van der Waals surface area contributed by atoms with Gasteiger partial charge in [0.2, 0.25) is 0 Å². The van der Waals surface area contributed by atoms with Crippen molar-refractivity contribution < 1.29 is 4.74 Å². The maximum Gasteiger partial charge on any atom is 0.153 e. The van der Waals surface area contributed by atoms with Gasteiger partial charge in [0, 0.05) is 12.4 Å². The lowest BCUT2D eigenvalue weighted by atomic mass is 10.3. The molecule has 0 saturated heterocycles. The molecule has 0 aromatic carbocycles. The minimum absolute atomic E-state index is 0.433. The van der Waals surface area contributed by atoms with Gasteiger partial charge < -0.3 is 4.74 Å². The van der Waals surface area contributed by atoms with Crippen molar-refractivity contribution in [2.24, 2.45) is 0 Å². The summed E-state index contributed by atoms with van der Waals surface area (Å²) in [5.41, 5.74) is 0. The molecule has 0 radical (unpaired) electrons. The maximum absolute atomic E-state index is 5.69. The van der Waals surface area contributed by atoms with Gasteiger partial charge in [0.25, 0.3) is 0 Å². The van der Waals surface area contributed by atoms with Crippen LogP contribution in [0.5, 0.6) is 0 Å². The normalized spacial score (nSPS) is 17.5. The Kier molecular flexibility index (Phi) is 3.48. The highest BCUT2D eigenvalue weighted by Gasteiger charge is 2.15. The highest BCUT2D eigenvalue weighted by molar-refractivity contribution is 9.10. The molecular weight excluding hydrogens is 244 g/mol. The van der Waals surface area contributed by atoms with E-state index in [9.17, 15) is 0 Å². The first kappa shape index (κ1) is 10.1. The van der Waals surface area contributed by atoms with Crippen molar-refractivity contribution in [3.8, 4) is 0 Å². The predicted molar refractivity (Wildman–Crippen MR) is 56.8 cm³/mol. The zero-order valence-corrected chi connectivity index (χ0v) is 9.53.